The first-order valence-corrected chi connectivity index (χ1v) is 12.7. The maximum absolute atomic E-state index is 12.3. The first-order chi connectivity index (χ1) is 15.5. The lowest BCUT2D eigenvalue weighted by atomic mass is 10.2. The molecule has 1 aromatic carbocycles. The standard InChI is InChI=1S/C20H23N5O6S2/c1-11-12(2)32-20-18(11)19(27)23-16(24-20)6-7-17(26)22-9-8-21-14-5-4-13(33(3,30)31)10-15(14)25(28)29/h4-5,10,21H,6-9H2,1-3H3,(H,22,26)(H,23,24,27). The molecule has 0 spiro atoms. The lowest BCUT2D eigenvalue weighted by Gasteiger charge is -2.09. The Bertz CT molecular complexity index is 1390. The van der Waals surface area contributed by atoms with Gasteiger partial charge in [-0.3, -0.25) is 19.7 Å². The van der Waals surface area contributed by atoms with Crippen molar-refractivity contribution in [1.82, 2.24) is 15.3 Å². The molecular formula is C20H23N5O6S2. The van der Waals surface area contributed by atoms with Crippen LogP contribution in [0.3, 0.4) is 0 Å². The maximum Gasteiger partial charge on any atom is 0.293 e. The minimum atomic E-state index is -3.57. The van der Waals surface area contributed by atoms with Crippen molar-refractivity contribution in [1.29, 1.82) is 0 Å². The van der Waals surface area contributed by atoms with Gasteiger partial charge >= 0.3 is 0 Å². The molecule has 13 heteroatoms. The van der Waals surface area contributed by atoms with Crippen LogP contribution in [0.4, 0.5) is 11.4 Å². The van der Waals surface area contributed by atoms with E-state index in [9.17, 15) is 28.1 Å². The second kappa shape index (κ2) is 9.67. The number of benzene rings is 1. The highest BCUT2D eigenvalue weighted by Gasteiger charge is 2.18. The first kappa shape index (κ1) is 24.3. The van der Waals surface area contributed by atoms with E-state index in [0.29, 0.717) is 16.0 Å². The zero-order valence-electron chi connectivity index (χ0n) is 18.2. The number of fused-ring (bicyclic) bond motifs is 1. The predicted molar refractivity (Wildman–Crippen MR) is 126 cm³/mol. The van der Waals surface area contributed by atoms with Crippen molar-refractivity contribution in [2.45, 2.75) is 31.6 Å². The summed E-state index contributed by atoms with van der Waals surface area (Å²) in [5, 5.41) is 17.4. The molecule has 3 rings (SSSR count). The number of H-pyrrole nitrogens is 1. The van der Waals surface area contributed by atoms with Crippen LogP contribution >= 0.6 is 11.3 Å². The summed E-state index contributed by atoms with van der Waals surface area (Å²) in [6, 6.07) is 3.60. The normalized spacial score (nSPS) is 11.5. The van der Waals surface area contributed by atoms with E-state index in [0.717, 1.165) is 22.8 Å². The molecule has 2 heterocycles. The Morgan fingerprint density at radius 2 is 2.00 bits per heavy atom. The van der Waals surface area contributed by atoms with Gasteiger partial charge in [0.1, 0.15) is 16.3 Å². The lowest BCUT2D eigenvalue weighted by molar-refractivity contribution is -0.384. The molecule has 3 aromatic rings. The number of rotatable bonds is 9. The molecule has 0 fully saturated rings. The second-order valence-corrected chi connectivity index (χ2v) is 10.7. The van der Waals surface area contributed by atoms with Crippen molar-refractivity contribution in [2.75, 3.05) is 24.7 Å². The van der Waals surface area contributed by atoms with Gasteiger partial charge in [-0.1, -0.05) is 0 Å². The zero-order valence-corrected chi connectivity index (χ0v) is 19.9. The van der Waals surface area contributed by atoms with Crippen LogP contribution in [0.2, 0.25) is 0 Å². The fourth-order valence-corrected chi connectivity index (χ4v) is 4.87. The summed E-state index contributed by atoms with van der Waals surface area (Å²) < 4.78 is 23.2. The fourth-order valence-electron chi connectivity index (χ4n) is 3.18. The fraction of sp³-hybridized carbons (Fsp3) is 0.350. The number of thiophene rings is 1. The molecule has 0 atom stereocenters. The number of nitrogens with zero attached hydrogens (tertiary/aromatic N) is 2. The Kier molecular flexibility index (Phi) is 7.12. The van der Waals surface area contributed by atoms with Crippen molar-refractivity contribution >= 4 is 48.7 Å². The number of hydrogen-bond donors (Lipinski definition) is 3. The van der Waals surface area contributed by atoms with Gasteiger partial charge in [0.25, 0.3) is 11.2 Å². The number of hydrogen-bond acceptors (Lipinski definition) is 9. The van der Waals surface area contributed by atoms with Crippen molar-refractivity contribution in [2.24, 2.45) is 0 Å². The highest BCUT2D eigenvalue weighted by molar-refractivity contribution is 7.90. The van der Waals surface area contributed by atoms with Crippen LogP contribution in [-0.4, -0.2) is 48.6 Å². The number of aromatic nitrogens is 2. The molecule has 2 aromatic heterocycles. The Morgan fingerprint density at radius 1 is 1.27 bits per heavy atom. The third kappa shape index (κ3) is 5.73. The average molecular weight is 494 g/mol. The zero-order chi connectivity index (χ0) is 24.3. The van der Waals surface area contributed by atoms with Gasteiger partial charge in [-0.25, -0.2) is 13.4 Å². The summed E-state index contributed by atoms with van der Waals surface area (Å²) in [7, 11) is -3.57. The topological polar surface area (TPSA) is 164 Å². The summed E-state index contributed by atoms with van der Waals surface area (Å²) in [5.41, 5.74) is 0.476. The Hall–Kier alpha value is -3.32. The number of sulfone groups is 1. The molecule has 0 saturated heterocycles. The number of aryl methyl sites for hydroxylation is 3. The quantitative estimate of drug-likeness (QED) is 0.232. The van der Waals surface area contributed by atoms with E-state index in [-0.39, 0.29) is 53.7 Å². The summed E-state index contributed by atoms with van der Waals surface area (Å²) in [5.74, 6) is 0.170. The molecule has 0 aliphatic heterocycles. The number of nitro groups is 1. The largest absolute Gasteiger partial charge is 0.378 e. The highest BCUT2D eigenvalue weighted by Crippen LogP contribution is 2.27. The highest BCUT2D eigenvalue weighted by atomic mass is 32.2. The average Bonchev–Trinajstić information content (AvgIpc) is 3.02. The van der Waals surface area contributed by atoms with E-state index in [1.807, 2.05) is 13.8 Å². The summed E-state index contributed by atoms with van der Waals surface area (Å²) in [4.78, 5) is 43.7. The molecule has 3 N–H and O–H groups in total. The maximum atomic E-state index is 12.3. The van der Waals surface area contributed by atoms with E-state index in [2.05, 4.69) is 20.6 Å². The molecule has 0 aliphatic carbocycles. The van der Waals surface area contributed by atoms with Crippen LogP contribution in [0.25, 0.3) is 10.2 Å². The van der Waals surface area contributed by atoms with Gasteiger partial charge in [-0.05, 0) is 31.5 Å². The number of aromatic amines is 1. The number of amides is 1. The molecule has 0 radical (unpaired) electrons. The molecule has 0 bridgehead atoms. The van der Waals surface area contributed by atoms with Crippen LogP contribution in [0.15, 0.2) is 27.9 Å². The Labute approximate surface area is 193 Å². The van der Waals surface area contributed by atoms with Crippen molar-refractivity contribution in [3.05, 3.63) is 54.9 Å². The Balaban J connectivity index is 1.53. The van der Waals surface area contributed by atoms with Crippen molar-refractivity contribution < 1.29 is 18.1 Å². The molecule has 0 saturated carbocycles. The van der Waals surface area contributed by atoms with Crippen LogP contribution in [-0.2, 0) is 21.1 Å². The predicted octanol–water partition coefficient (Wildman–Crippen LogP) is 2.07. The van der Waals surface area contributed by atoms with Crippen molar-refractivity contribution in [3.8, 4) is 0 Å². The van der Waals surface area contributed by atoms with Gasteiger partial charge in [0.05, 0.1) is 15.2 Å². The van der Waals surface area contributed by atoms with Gasteiger partial charge in [0, 0.05) is 43.1 Å². The van der Waals surface area contributed by atoms with Crippen LogP contribution in [0.1, 0.15) is 22.7 Å². The number of nitrogens with one attached hydrogen (secondary N) is 3. The third-order valence-corrected chi connectivity index (χ3v) is 7.25. The summed E-state index contributed by atoms with van der Waals surface area (Å²) in [6.07, 6.45) is 1.35. The minimum absolute atomic E-state index is 0.112. The van der Waals surface area contributed by atoms with Gasteiger partial charge < -0.3 is 15.6 Å². The van der Waals surface area contributed by atoms with Crippen LogP contribution in [0, 0.1) is 24.0 Å². The third-order valence-electron chi connectivity index (χ3n) is 5.03. The van der Waals surface area contributed by atoms with E-state index in [1.54, 1.807) is 0 Å². The summed E-state index contributed by atoms with van der Waals surface area (Å²) >= 11 is 1.44. The van der Waals surface area contributed by atoms with Gasteiger partial charge in [-0.2, -0.15) is 0 Å². The Morgan fingerprint density at radius 3 is 2.67 bits per heavy atom. The van der Waals surface area contributed by atoms with E-state index >= 15 is 0 Å². The summed E-state index contributed by atoms with van der Waals surface area (Å²) in [6.45, 7) is 4.19. The number of nitro benzene ring substituents is 1. The molecule has 176 valence electrons. The molecule has 33 heavy (non-hydrogen) atoms. The monoisotopic (exact) mass is 493 g/mol. The molecule has 0 unspecified atom stereocenters. The van der Waals surface area contributed by atoms with Crippen molar-refractivity contribution in [3.63, 3.8) is 0 Å². The lowest BCUT2D eigenvalue weighted by Crippen LogP contribution is -2.29. The molecule has 11 nitrogen and oxygen atoms in total. The minimum Gasteiger partial charge on any atom is -0.378 e. The molecular weight excluding hydrogens is 470 g/mol. The van der Waals surface area contributed by atoms with Gasteiger partial charge in [0.15, 0.2) is 9.84 Å². The SMILES string of the molecule is Cc1sc2nc(CCC(=O)NCCNc3ccc(S(C)(=O)=O)cc3[N+](=O)[O-])[nH]c(=O)c2c1C. The number of carbonyl (C=O) groups excluding carboxylic acids is 1. The number of anilines is 1. The molecule has 0 aliphatic rings. The van der Waals surface area contributed by atoms with Crippen LogP contribution in [0.5, 0.6) is 0 Å². The first-order valence-electron chi connectivity index (χ1n) is 9.95. The van der Waals surface area contributed by atoms with E-state index in [1.165, 1.54) is 23.5 Å². The van der Waals surface area contributed by atoms with E-state index in [4.69, 9.17) is 0 Å². The van der Waals surface area contributed by atoms with Crippen LogP contribution < -0.4 is 16.2 Å². The van der Waals surface area contributed by atoms with Gasteiger partial charge in [0.2, 0.25) is 5.91 Å². The smallest absolute Gasteiger partial charge is 0.293 e. The van der Waals surface area contributed by atoms with Gasteiger partial charge in [-0.15, -0.1) is 11.3 Å². The number of carbonyl (C=O) groups is 1. The molecule has 1 amide bonds. The second-order valence-electron chi connectivity index (χ2n) is 7.46. The van der Waals surface area contributed by atoms with E-state index < -0.39 is 14.8 Å².